The van der Waals surface area contributed by atoms with Crippen LogP contribution >= 0.6 is 0 Å². The van der Waals surface area contributed by atoms with E-state index >= 15 is 0 Å². The number of pyridine rings is 1. The summed E-state index contributed by atoms with van der Waals surface area (Å²) < 4.78 is 11.1. The van der Waals surface area contributed by atoms with Gasteiger partial charge in [0.05, 0.1) is 41.4 Å². The van der Waals surface area contributed by atoms with Crippen LogP contribution in [-0.2, 0) is 4.74 Å². The molecular formula is C19H19N5O3. The van der Waals surface area contributed by atoms with Crippen molar-refractivity contribution in [3.8, 4) is 11.3 Å². The zero-order valence-electron chi connectivity index (χ0n) is 15.1. The van der Waals surface area contributed by atoms with Crippen LogP contribution in [0, 0.1) is 13.8 Å². The Labute approximate surface area is 156 Å². The molecule has 138 valence electrons. The maximum absolute atomic E-state index is 12.7. The monoisotopic (exact) mass is 365 g/mol. The number of aromatic nitrogens is 4. The summed E-state index contributed by atoms with van der Waals surface area (Å²) in [5, 5.41) is 3.99. The Morgan fingerprint density at radius 3 is 2.78 bits per heavy atom. The maximum Gasteiger partial charge on any atom is 0.257 e. The van der Waals surface area contributed by atoms with Crippen molar-refractivity contribution in [2.24, 2.45) is 0 Å². The number of hydrogen-bond donors (Lipinski definition) is 0. The molecule has 8 nitrogen and oxygen atoms in total. The first kappa shape index (κ1) is 17.3. The largest absolute Gasteiger partial charge is 0.368 e. The Balaban J connectivity index is 1.57. The van der Waals surface area contributed by atoms with E-state index in [0.29, 0.717) is 25.3 Å². The normalized spacial score (nSPS) is 17.1. The molecule has 1 amide bonds. The van der Waals surface area contributed by atoms with Gasteiger partial charge < -0.3 is 14.2 Å². The van der Waals surface area contributed by atoms with Crippen molar-refractivity contribution in [1.29, 1.82) is 0 Å². The van der Waals surface area contributed by atoms with E-state index in [9.17, 15) is 4.79 Å². The molecule has 0 radical (unpaired) electrons. The van der Waals surface area contributed by atoms with Crippen molar-refractivity contribution in [3.05, 3.63) is 59.6 Å². The average Bonchev–Trinajstić information content (AvgIpc) is 3.06. The third-order valence-electron chi connectivity index (χ3n) is 4.55. The van der Waals surface area contributed by atoms with Crippen molar-refractivity contribution < 1.29 is 14.1 Å². The summed E-state index contributed by atoms with van der Waals surface area (Å²) in [4.78, 5) is 27.0. The molecule has 0 N–H and O–H groups in total. The summed E-state index contributed by atoms with van der Waals surface area (Å²) in [6, 6.07) is 5.76. The Hall–Kier alpha value is -3.13. The molecule has 0 spiro atoms. The molecule has 8 heteroatoms. The van der Waals surface area contributed by atoms with E-state index in [0.717, 1.165) is 28.4 Å². The molecule has 1 fully saturated rings. The summed E-state index contributed by atoms with van der Waals surface area (Å²) in [7, 11) is 0. The molecule has 1 saturated heterocycles. The number of nitrogens with zero attached hydrogens (tertiary/aromatic N) is 5. The van der Waals surface area contributed by atoms with Gasteiger partial charge in [-0.2, -0.15) is 0 Å². The number of rotatable bonds is 3. The third-order valence-corrected chi connectivity index (χ3v) is 4.55. The summed E-state index contributed by atoms with van der Waals surface area (Å²) in [5.41, 5.74) is 3.71. The topological polar surface area (TPSA) is 94.2 Å². The summed E-state index contributed by atoms with van der Waals surface area (Å²) >= 11 is 0. The van der Waals surface area contributed by atoms with Crippen molar-refractivity contribution in [2.45, 2.75) is 20.0 Å². The van der Waals surface area contributed by atoms with Crippen LogP contribution in [0.3, 0.4) is 0 Å². The first-order chi connectivity index (χ1) is 13.1. The van der Waals surface area contributed by atoms with E-state index < -0.39 is 0 Å². The highest BCUT2D eigenvalue weighted by Crippen LogP contribution is 2.28. The lowest BCUT2D eigenvalue weighted by Crippen LogP contribution is -2.42. The predicted octanol–water partition coefficient (Wildman–Crippen LogP) is 2.36. The number of aryl methyl sites for hydroxylation is 2. The lowest BCUT2D eigenvalue weighted by Gasteiger charge is -2.32. The van der Waals surface area contributed by atoms with Gasteiger partial charge >= 0.3 is 0 Å². The van der Waals surface area contributed by atoms with Crippen molar-refractivity contribution >= 4 is 5.91 Å². The second-order valence-corrected chi connectivity index (χ2v) is 6.38. The fourth-order valence-corrected chi connectivity index (χ4v) is 3.22. The van der Waals surface area contributed by atoms with E-state index in [4.69, 9.17) is 14.2 Å². The Morgan fingerprint density at radius 1 is 1.22 bits per heavy atom. The van der Waals surface area contributed by atoms with E-state index in [2.05, 4.69) is 15.1 Å². The minimum Gasteiger partial charge on any atom is -0.368 e. The van der Waals surface area contributed by atoms with Gasteiger partial charge in [-0.1, -0.05) is 11.2 Å². The lowest BCUT2D eigenvalue weighted by molar-refractivity contribution is -0.0247. The molecule has 1 aliphatic heterocycles. The Morgan fingerprint density at radius 2 is 2.04 bits per heavy atom. The van der Waals surface area contributed by atoms with Crippen molar-refractivity contribution in [2.75, 3.05) is 19.7 Å². The molecule has 27 heavy (non-hydrogen) atoms. The molecule has 3 aromatic rings. The highest BCUT2D eigenvalue weighted by atomic mass is 16.5. The van der Waals surface area contributed by atoms with E-state index in [1.807, 2.05) is 32.0 Å². The molecule has 0 bridgehead atoms. The van der Waals surface area contributed by atoms with Gasteiger partial charge in [0.25, 0.3) is 5.91 Å². The summed E-state index contributed by atoms with van der Waals surface area (Å²) in [6.45, 7) is 5.14. The molecule has 0 aromatic carbocycles. The highest BCUT2D eigenvalue weighted by Gasteiger charge is 2.27. The maximum atomic E-state index is 12.7. The minimum atomic E-state index is -0.298. The van der Waals surface area contributed by atoms with Gasteiger partial charge in [-0.15, -0.1) is 0 Å². The molecule has 3 aromatic heterocycles. The minimum absolute atomic E-state index is 0.106. The quantitative estimate of drug-likeness (QED) is 0.703. The molecule has 1 aliphatic rings. The fraction of sp³-hybridized carbons (Fsp3) is 0.316. The van der Waals surface area contributed by atoms with Gasteiger partial charge in [-0.05, 0) is 26.0 Å². The number of amides is 1. The molecule has 0 aliphatic carbocycles. The lowest BCUT2D eigenvalue weighted by atomic mass is 10.1. The number of carbonyl (C=O) groups excluding carboxylic acids is 1. The van der Waals surface area contributed by atoms with Crippen LogP contribution in [0.4, 0.5) is 0 Å². The first-order valence-corrected chi connectivity index (χ1v) is 8.69. The van der Waals surface area contributed by atoms with Gasteiger partial charge in [-0.25, -0.2) is 15.0 Å². The van der Waals surface area contributed by atoms with Crippen molar-refractivity contribution in [3.63, 3.8) is 0 Å². The SMILES string of the molecule is Cc1noc(C)c1-c1cccc(C2CN(C(=O)c3cncnc3)CCO2)n1. The van der Waals surface area contributed by atoms with Crippen LogP contribution in [0.2, 0.25) is 0 Å². The predicted molar refractivity (Wildman–Crippen MR) is 95.8 cm³/mol. The fourth-order valence-electron chi connectivity index (χ4n) is 3.22. The third kappa shape index (κ3) is 3.43. The summed E-state index contributed by atoms with van der Waals surface area (Å²) in [5.74, 6) is 0.619. The van der Waals surface area contributed by atoms with Crippen LogP contribution in [-0.4, -0.2) is 50.6 Å². The molecule has 0 saturated carbocycles. The van der Waals surface area contributed by atoms with Crippen LogP contribution in [0.25, 0.3) is 11.3 Å². The van der Waals surface area contributed by atoms with E-state index in [1.165, 1.54) is 18.7 Å². The highest BCUT2D eigenvalue weighted by molar-refractivity contribution is 5.93. The zero-order chi connectivity index (χ0) is 18.8. The number of hydrogen-bond acceptors (Lipinski definition) is 7. The van der Waals surface area contributed by atoms with Gasteiger partial charge in [0.1, 0.15) is 18.2 Å². The molecule has 1 unspecified atom stereocenters. The second-order valence-electron chi connectivity index (χ2n) is 6.38. The van der Waals surface area contributed by atoms with E-state index in [-0.39, 0.29) is 12.0 Å². The van der Waals surface area contributed by atoms with Gasteiger partial charge in [0.2, 0.25) is 0 Å². The second kappa shape index (κ2) is 7.24. The van der Waals surface area contributed by atoms with Gasteiger partial charge in [0, 0.05) is 18.9 Å². The molecule has 1 atom stereocenters. The zero-order valence-corrected chi connectivity index (χ0v) is 15.1. The summed E-state index contributed by atoms with van der Waals surface area (Å²) in [6.07, 6.45) is 4.16. The molecular weight excluding hydrogens is 346 g/mol. The van der Waals surface area contributed by atoms with Crippen LogP contribution in [0.5, 0.6) is 0 Å². The van der Waals surface area contributed by atoms with Gasteiger partial charge in [0.15, 0.2) is 0 Å². The number of carbonyl (C=O) groups is 1. The smallest absolute Gasteiger partial charge is 0.257 e. The van der Waals surface area contributed by atoms with Crippen LogP contribution < -0.4 is 0 Å². The Kier molecular flexibility index (Phi) is 4.64. The van der Waals surface area contributed by atoms with Crippen molar-refractivity contribution in [1.82, 2.24) is 25.0 Å². The number of morpholine rings is 1. The molecule has 4 heterocycles. The Bertz CT molecular complexity index is 937. The molecule has 4 rings (SSSR count). The van der Waals surface area contributed by atoms with Crippen LogP contribution in [0.1, 0.15) is 33.6 Å². The first-order valence-electron chi connectivity index (χ1n) is 8.69. The van der Waals surface area contributed by atoms with E-state index in [1.54, 1.807) is 4.90 Å². The van der Waals surface area contributed by atoms with Gasteiger partial charge in [-0.3, -0.25) is 4.79 Å². The standard InChI is InChI=1S/C19H19N5O3/c1-12-18(13(2)27-23-12)16-5-3-4-15(22-16)17-10-24(6-7-26-17)19(25)14-8-20-11-21-9-14/h3-5,8-9,11,17H,6-7,10H2,1-2H3. The average molecular weight is 365 g/mol. The van der Waals surface area contributed by atoms with Crippen LogP contribution in [0.15, 0.2) is 41.4 Å². The number of ether oxygens (including phenoxy) is 1.